The highest BCUT2D eigenvalue weighted by molar-refractivity contribution is 8.00. The molecule has 20 heavy (non-hydrogen) atoms. The number of thioether (sulfide) groups is 1. The van der Waals surface area contributed by atoms with Gasteiger partial charge in [0.05, 0.1) is 18.4 Å². The minimum Gasteiger partial charge on any atom is -0.394 e. The van der Waals surface area contributed by atoms with E-state index in [9.17, 15) is 13.6 Å². The van der Waals surface area contributed by atoms with E-state index >= 15 is 0 Å². The van der Waals surface area contributed by atoms with Gasteiger partial charge in [-0.1, -0.05) is 13.8 Å². The van der Waals surface area contributed by atoms with Gasteiger partial charge in [0.15, 0.2) is 0 Å². The van der Waals surface area contributed by atoms with Crippen molar-refractivity contribution in [2.45, 2.75) is 31.2 Å². The average molecular weight is 303 g/mol. The SMILES string of the molecule is CC(C)CC(CO)NC(=O)CSc1ccc(F)cc1F. The maximum absolute atomic E-state index is 13.4. The number of amides is 1. The second-order valence-corrected chi connectivity index (χ2v) is 5.96. The van der Waals surface area contributed by atoms with Gasteiger partial charge in [-0.05, 0) is 24.5 Å². The molecule has 0 fully saturated rings. The maximum Gasteiger partial charge on any atom is 0.230 e. The van der Waals surface area contributed by atoms with Crippen molar-refractivity contribution in [3.63, 3.8) is 0 Å². The molecule has 0 aliphatic carbocycles. The second kappa shape index (κ2) is 8.21. The van der Waals surface area contributed by atoms with E-state index < -0.39 is 11.6 Å². The van der Waals surface area contributed by atoms with Gasteiger partial charge in [0.25, 0.3) is 0 Å². The Balaban J connectivity index is 2.46. The molecule has 0 radical (unpaired) electrons. The predicted octanol–water partition coefficient (Wildman–Crippen LogP) is 2.58. The van der Waals surface area contributed by atoms with Crippen LogP contribution in [0, 0.1) is 17.6 Å². The third kappa shape index (κ3) is 5.88. The third-order valence-electron chi connectivity index (χ3n) is 2.59. The van der Waals surface area contributed by atoms with Gasteiger partial charge in [-0.3, -0.25) is 4.79 Å². The molecule has 3 nitrogen and oxygen atoms in total. The van der Waals surface area contributed by atoms with Crippen LogP contribution >= 0.6 is 11.8 Å². The number of hydrogen-bond donors (Lipinski definition) is 2. The Kier molecular flexibility index (Phi) is 6.95. The van der Waals surface area contributed by atoms with Crippen LogP contribution < -0.4 is 5.32 Å². The van der Waals surface area contributed by atoms with Crippen molar-refractivity contribution in [1.82, 2.24) is 5.32 Å². The summed E-state index contributed by atoms with van der Waals surface area (Å²) in [6.45, 7) is 3.87. The van der Waals surface area contributed by atoms with Crippen molar-refractivity contribution < 1.29 is 18.7 Å². The molecular weight excluding hydrogens is 284 g/mol. The zero-order valence-electron chi connectivity index (χ0n) is 11.5. The lowest BCUT2D eigenvalue weighted by molar-refractivity contribution is -0.119. The number of halogens is 2. The summed E-state index contributed by atoms with van der Waals surface area (Å²) in [6, 6.07) is 2.95. The lowest BCUT2D eigenvalue weighted by Gasteiger charge is -2.18. The molecule has 1 aromatic rings. The van der Waals surface area contributed by atoms with Crippen molar-refractivity contribution in [1.29, 1.82) is 0 Å². The van der Waals surface area contributed by atoms with Crippen molar-refractivity contribution in [2.24, 2.45) is 5.92 Å². The third-order valence-corrected chi connectivity index (χ3v) is 3.64. The lowest BCUT2D eigenvalue weighted by atomic mass is 10.0. The van der Waals surface area contributed by atoms with Crippen LogP contribution in [0.25, 0.3) is 0 Å². The summed E-state index contributed by atoms with van der Waals surface area (Å²) in [7, 11) is 0. The maximum atomic E-state index is 13.4. The minimum absolute atomic E-state index is 0.0249. The van der Waals surface area contributed by atoms with Crippen LogP contribution in [0.1, 0.15) is 20.3 Å². The summed E-state index contributed by atoms with van der Waals surface area (Å²) in [5, 5.41) is 11.9. The minimum atomic E-state index is -0.677. The number of rotatable bonds is 7. The van der Waals surface area contributed by atoms with Gasteiger partial charge >= 0.3 is 0 Å². The molecule has 1 rings (SSSR count). The molecule has 0 saturated carbocycles. The summed E-state index contributed by atoms with van der Waals surface area (Å²) >= 11 is 1.000. The standard InChI is InChI=1S/C14H19F2NO2S/c1-9(2)5-11(7-18)17-14(19)8-20-13-4-3-10(15)6-12(13)16/h3-4,6,9,11,18H,5,7-8H2,1-2H3,(H,17,19). The molecule has 1 atom stereocenters. The van der Waals surface area contributed by atoms with Crippen LogP contribution in [-0.2, 0) is 4.79 Å². The Bertz CT molecular complexity index is 455. The molecule has 0 aliphatic rings. The highest BCUT2D eigenvalue weighted by Gasteiger charge is 2.14. The Morgan fingerprint density at radius 2 is 2.10 bits per heavy atom. The summed E-state index contributed by atoms with van der Waals surface area (Å²) < 4.78 is 26.1. The first kappa shape index (κ1) is 16.9. The smallest absolute Gasteiger partial charge is 0.230 e. The monoisotopic (exact) mass is 303 g/mol. The molecular formula is C14H19F2NO2S. The largest absolute Gasteiger partial charge is 0.394 e. The Labute approximate surface area is 121 Å². The topological polar surface area (TPSA) is 49.3 Å². The van der Waals surface area contributed by atoms with Crippen molar-refractivity contribution in [3.05, 3.63) is 29.8 Å². The number of nitrogens with one attached hydrogen (secondary N) is 1. The van der Waals surface area contributed by atoms with Crippen LogP contribution in [0.2, 0.25) is 0 Å². The fourth-order valence-electron chi connectivity index (χ4n) is 1.75. The average Bonchev–Trinajstić information content (AvgIpc) is 2.36. The summed E-state index contributed by atoms with van der Waals surface area (Å²) in [4.78, 5) is 11.9. The highest BCUT2D eigenvalue weighted by atomic mass is 32.2. The molecule has 0 spiro atoms. The summed E-state index contributed by atoms with van der Waals surface area (Å²) in [6.07, 6.45) is 0.678. The van der Waals surface area contributed by atoms with Crippen LogP contribution in [0.5, 0.6) is 0 Å². The highest BCUT2D eigenvalue weighted by Crippen LogP contribution is 2.22. The number of aliphatic hydroxyl groups is 1. The van der Waals surface area contributed by atoms with E-state index in [0.29, 0.717) is 12.3 Å². The van der Waals surface area contributed by atoms with Gasteiger partial charge in [0.2, 0.25) is 5.91 Å². The second-order valence-electron chi connectivity index (χ2n) is 4.94. The van der Waals surface area contributed by atoms with E-state index in [1.807, 2.05) is 13.8 Å². The van der Waals surface area contributed by atoms with Crippen molar-refractivity contribution >= 4 is 17.7 Å². The first-order valence-corrected chi connectivity index (χ1v) is 7.39. The molecule has 6 heteroatoms. The van der Waals surface area contributed by atoms with Crippen LogP contribution in [0.15, 0.2) is 23.1 Å². The Morgan fingerprint density at radius 1 is 1.40 bits per heavy atom. The van der Waals surface area contributed by atoms with E-state index in [1.165, 1.54) is 6.07 Å². The summed E-state index contributed by atoms with van der Waals surface area (Å²) in [5.41, 5.74) is 0. The van der Waals surface area contributed by atoms with E-state index in [0.717, 1.165) is 23.9 Å². The Hall–Kier alpha value is -1.14. The molecule has 0 aliphatic heterocycles. The molecule has 2 N–H and O–H groups in total. The number of hydrogen-bond acceptors (Lipinski definition) is 3. The van der Waals surface area contributed by atoms with Crippen molar-refractivity contribution in [3.8, 4) is 0 Å². The molecule has 1 amide bonds. The zero-order chi connectivity index (χ0) is 15.1. The number of benzene rings is 1. The zero-order valence-corrected chi connectivity index (χ0v) is 12.3. The normalized spacial score (nSPS) is 12.5. The predicted molar refractivity (Wildman–Crippen MR) is 75.6 cm³/mol. The quantitative estimate of drug-likeness (QED) is 0.761. The van der Waals surface area contributed by atoms with Gasteiger partial charge < -0.3 is 10.4 Å². The molecule has 0 heterocycles. The van der Waals surface area contributed by atoms with Gasteiger partial charge in [-0.2, -0.15) is 0 Å². The van der Waals surface area contributed by atoms with E-state index in [1.54, 1.807) is 0 Å². The van der Waals surface area contributed by atoms with Crippen LogP contribution in [-0.4, -0.2) is 29.4 Å². The van der Waals surface area contributed by atoms with Crippen LogP contribution in [0.3, 0.4) is 0 Å². The van der Waals surface area contributed by atoms with Gasteiger partial charge in [-0.15, -0.1) is 11.8 Å². The van der Waals surface area contributed by atoms with E-state index in [-0.39, 0.29) is 29.2 Å². The molecule has 0 aromatic heterocycles. The molecule has 0 bridgehead atoms. The van der Waals surface area contributed by atoms with Crippen molar-refractivity contribution in [2.75, 3.05) is 12.4 Å². The molecule has 1 unspecified atom stereocenters. The first-order chi connectivity index (χ1) is 9.42. The number of aliphatic hydroxyl groups excluding tert-OH is 1. The fourth-order valence-corrected chi connectivity index (χ4v) is 2.48. The first-order valence-electron chi connectivity index (χ1n) is 6.40. The van der Waals surface area contributed by atoms with Gasteiger partial charge in [-0.25, -0.2) is 8.78 Å². The molecule has 0 saturated heterocycles. The van der Waals surface area contributed by atoms with Gasteiger partial charge in [0, 0.05) is 11.0 Å². The molecule has 112 valence electrons. The van der Waals surface area contributed by atoms with Crippen LogP contribution in [0.4, 0.5) is 8.78 Å². The lowest BCUT2D eigenvalue weighted by Crippen LogP contribution is -2.39. The van der Waals surface area contributed by atoms with E-state index in [2.05, 4.69) is 5.32 Å². The number of carbonyl (C=O) groups is 1. The number of carbonyl (C=O) groups excluding carboxylic acids is 1. The van der Waals surface area contributed by atoms with Gasteiger partial charge in [0.1, 0.15) is 11.6 Å². The molecule has 1 aromatic carbocycles. The summed E-state index contributed by atoms with van der Waals surface area (Å²) in [5.74, 6) is -1.22. The Morgan fingerprint density at radius 3 is 2.65 bits per heavy atom. The fraction of sp³-hybridized carbons (Fsp3) is 0.500. The van der Waals surface area contributed by atoms with E-state index in [4.69, 9.17) is 5.11 Å².